The number of rotatable bonds is 6. The minimum absolute atomic E-state index is 0. The highest BCUT2D eigenvalue weighted by atomic mass is 14.7. The molecule has 1 nitrogen and oxygen atoms in total. The van der Waals surface area contributed by atoms with Crippen LogP contribution in [0.3, 0.4) is 0 Å². The lowest BCUT2D eigenvalue weighted by molar-refractivity contribution is 0.209. The molecule has 2 rings (SSSR count). The number of nitrogens with two attached hydrogens (primary N) is 1. The first kappa shape index (κ1) is 20.4. The maximum atomic E-state index is 6.55. The Balaban J connectivity index is 0.00000185. The fraction of sp³-hybridized carbons (Fsp3) is 0.478. The van der Waals surface area contributed by atoms with E-state index in [-0.39, 0.29) is 12.9 Å². The Bertz CT molecular complexity index is 664. The second-order valence-electron chi connectivity index (χ2n) is 6.89. The van der Waals surface area contributed by atoms with E-state index in [2.05, 4.69) is 76.7 Å². The van der Waals surface area contributed by atoms with Gasteiger partial charge in [0.15, 0.2) is 0 Å². The second-order valence-corrected chi connectivity index (χ2v) is 6.89. The van der Waals surface area contributed by atoms with Crippen molar-refractivity contribution >= 4 is 10.8 Å². The van der Waals surface area contributed by atoms with Crippen molar-refractivity contribution in [3.05, 3.63) is 60.2 Å². The summed E-state index contributed by atoms with van der Waals surface area (Å²) in [5, 5.41) is 2.58. The van der Waals surface area contributed by atoms with Crippen LogP contribution < -0.4 is 5.73 Å². The summed E-state index contributed by atoms with van der Waals surface area (Å²) in [6.07, 6.45) is 1.99. The predicted octanol–water partition coefficient (Wildman–Crippen LogP) is 6.61. The molecule has 0 aliphatic heterocycles. The zero-order chi connectivity index (χ0) is 18.3. The number of fused-ring (bicyclic) bond motifs is 1. The van der Waals surface area contributed by atoms with Crippen LogP contribution in [0.15, 0.2) is 54.6 Å². The quantitative estimate of drug-likeness (QED) is 0.593. The van der Waals surface area contributed by atoms with E-state index in [0.29, 0.717) is 5.92 Å². The third-order valence-electron chi connectivity index (χ3n) is 5.64. The van der Waals surface area contributed by atoms with E-state index in [1.165, 1.54) is 21.9 Å². The van der Waals surface area contributed by atoms with Crippen molar-refractivity contribution < 1.29 is 1.43 Å². The lowest BCUT2D eigenvalue weighted by Crippen LogP contribution is -2.41. The van der Waals surface area contributed by atoms with Gasteiger partial charge in [0.1, 0.15) is 0 Å². The summed E-state index contributed by atoms with van der Waals surface area (Å²) in [5.41, 5.74) is 9.21. The molecule has 1 heteroatoms. The monoisotopic (exact) mass is 327 g/mol. The summed E-state index contributed by atoms with van der Waals surface area (Å²) in [4.78, 5) is 0. The molecular formula is C23H37N. The second kappa shape index (κ2) is 9.03. The summed E-state index contributed by atoms with van der Waals surface area (Å²) >= 11 is 0. The van der Waals surface area contributed by atoms with E-state index < -0.39 is 0 Å². The number of hydrogen-bond acceptors (Lipinski definition) is 1. The third-order valence-corrected chi connectivity index (χ3v) is 5.64. The minimum Gasteiger partial charge on any atom is -0.327 e. The molecule has 0 saturated carbocycles. The highest BCUT2D eigenvalue weighted by molar-refractivity contribution is 5.82. The smallest absolute Gasteiger partial charge is 0.0113 e. The Morgan fingerprint density at radius 3 is 2.29 bits per heavy atom. The number of hydrogen-bond donors (Lipinski definition) is 1. The maximum Gasteiger partial charge on any atom is 0.0113 e. The molecule has 2 N–H and O–H groups in total. The minimum atomic E-state index is 0. The normalized spacial score (nSPS) is 15.8. The first-order chi connectivity index (χ1) is 11.4. The van der Waals surface area contributed by atoms with E-state index in [0.717, 1.165) is 12.8 Å². The van der Waals surface area contributed by atoms with Crippen LogP contribution in [-0.4, -0.2) is 6.04 Å². The van der Waals surface area contributed by atoms with E-state index in [1.54, 1.807) is 0 Å². The van der Waals surface area contributed by atoms with Crippen molar-refractivity contribution in [1.82, 2.24) is 0 Å². The third kappa shape index (κ3) is 4.48. The first-order valence-electron chi connectivity index (χ1n) is 9.27. The van der Waals surface area contributed by atoms with E-state index >= 15 is 0 Å². The van der Waals surface area contributed by atoms with E-state index in [4.69, 9.17) is 5.73 Å². The Labute approximate surface area is 150 Å². The standard InChI is InChI=1S/C21H29N.C2H6.H2/c1-6-21(5,15(2)3)16(4)20(22)14-17-11-12-18-9-7-8-10-19(18)13-17;1-2;/h7-13,16,20H,2,6,14,22H2,1,3-5H3;1-2H3;1H. The average Bonchev–Trinajstić information content (AvgIpc) is 2.61. The molecule has 134 valence electrons. The summed E-state index contributed by atoms with van der Waals surface area (Å²) < 4.78 is 0. The van der Waals surface area contributed by atoms with Gasteiger partial charge in [0.25, 0.3) is 0 Å². The molecule has 3 atom stereocenters. The van der Waals surface area contributed by atoms with Crippen molar-refractivity contribution in [3.63, 3.8) is 0 Å². The molecule has 0 fully saturated rings. The molecule has 24 heavy (non-hydrogen) atoms. The summed E-state index contributed by atoms with van der Waals surface area (Å²) in [7, 11) is 0. The molecule has 0 aromatic heterocycles. The molecule has 2 aromatic carbocycles. The van der Waals surface area contributed by atoms with E-state index in [9.17, 15) is 0 Å². The molecule has 0 saturated heterocycles. The summed E-state index contributed by atoms with van der Waals surface area (Å²) in [6, 6.07) is 15.3. The van der Waals surface area contributed by atoms with Crippen molar-refractivity contribution in [2.45, 2.75) is 60.4 Å². The summed E-state index contributed by atoms with van der Waals surface area (Å²) in [6.45, 7) is 17.1. The van der Waals surface area contributed by atoms with Gasteiger partial charge < -0.3 is 5.73 Å². The van der Waals surface area contributed by atoms with Crippen molar-refractivity contribution in [2.75, 3.05) is 0 Å². The van der Waals surface area contributed by atoms with Gasteiger partial charge in [0.2, 0.25) is 0 Å². The van der Waals surface area contributed by atoms with E-state index in [1.807, 2.05) is 13.8 Å². The van der Waals surface area contributed by atoms with Gasteiger partial charge in [0.05, 0.1) is 0 Å². The van der Waals surface area contributed by atoms with Gasteiger partial charge in [-0.2, -0.15) is 0 Å². The average molecular weight is 328 g/mol. The SMILES string of the molecule is C=C(C)C(C)(CC)C(C)C(N)Cc1ccc2ccccc2c1.CC.[HH]. The number of allylic oxidation sites excluding steroid dienone is 1. The molecule has 0 amide bonds. The molecule has 3 unspecified atom stereocenters. The molecular weight excluding hydrogens is 290 g/mol. The van der Waals surface area contributed by atoms with Crippen LogP contribution in [0.4, 0.5) is 0 Å². The van der Waals surface area contributed by atoms with Crippen LogP contribution in [0.5, 0.6) is 0 Å². The van der Waals surface area contributed by atoms with Crippen LogP contribution in [0.1, 0.15) is 55.0 Å². The molecule has 0 aliphatic carbocycles. The topological polar surface area (TPSA) is 26.0 Å². The Morgan fingerprint density at radius 1 is 1.17 bits per heavy atom. The van der Waals surface area contributed by atoms with Crippen LogP contribution in [0.25, 0.3) is 10.8 Å². The molecule has 2 aromatic rings. The van der Waals surface area contributed by atoms with Crippen LogP contribution in [0, 0.1) is 11.3 Å². The lowest BCUT2D eigenvalue weighted by Gasteiger charge is -2.39. The fourth-order valence-electron chi connectivity index (χ4n) is 3.30. The van der Waals surface area contributed by atoms with Crippen molar-refractivity contribution in [1.29, 1.82) is 0 Å². The highest BCUT2D eigenvalue weighted by Crippen LogP contribution is 2.39. The van der Waals surface area contributed by atoms with Gasteiger partial charge in [-0.3, -0.25) is 0 Å². The molecule has 0 spiro atoms. The molecule has 0 aliphatic rings. The van der Waals surface area contributed by atoms with Gasteiger partial charge in [-0.1, -0.05) is 89.2 Å². The highest BCUT2D eigenvalue weighted by Gasteiger charge is 2.33. The first-order valence-corrected chi connectivity index (χ1v) is 9.27. The Kier molecular flexibility index (Phi) is 7.69. The van der Waals surface area contributed by atoms with Gasteiger partial charge in [-0.25, -0.2) is 0 Å². The predicted molar refractivity (Wildman–Crippen MR) is 111 cm³/mol. The molecule has 0 radical (unpaired) electrons. The summed E-state index contributed by atoms with van der Waals surface area (Å²) in [5.74, 6) is 0.404. The van der Waals surface area contributed by atoms with Crippen LogP contribution >= 0.6 is 0 Å². The number of benzene rings is 2. The van der Waals surface area contributed by atoms with Gasteiger partial charge in [-0.05, 0) is 47.4 Å². The van der Waals surface area contributed by atoms with Gasteiger partial charge in [-0.15, -0.1) is 0 Å². The molecule has 0 heterocycles. The zero-order valence-corrected chi connectivity index (χ0v) is 16.4. The Hall–Kier alpha value is -1.60. The van der Waals surface area contributed by atoms with Crippen LogP contribution in [0.2, 0.25) is 0 Å². The van der Waals surface area contributed by atoms with Crippen molar-refractivity contribution in [2.24, 2.45) is 17.1 Å². The van der Waals surface area contributed by atoms with Gasteiger partial charge >= 0.3 is 0 Å². The largest absolute Gasteiger partial charge is 0.327 e. The zero-order valence-electron chi connectivity index (χ0n) is 16.4. The van der Waals surface area contributed by atoms with Crippen LogP contribution in [-0.2, 0) is 6.42 Å². The van der Waals surface area contributed by atoms with Crippen molar-refractivity contribution in [3.8, 4) is 0 Å². The Morgan fingerprint density at radius 2 is 1.75 bits per heavy atom. The fourth-order valence-corrected chi connectivity index (χ4v) is 3.30. The molecule has 0 bridgehead atoms. The maximum absolute atomic E-state index is 6.55. The van der Waals surface area contributed by atoms with Gasteiger partial charge in [0, 0.05) is 7.47 Å². The lowest BCUT2D eigenvalue weighted by atomic mass is 9.67.